The first-order chi connectivity index (χ1) is 13.5. The smallest absolute Gasteiger partial charge is 0.124 e. The van der Waals surface area contributed by atoms with Crippen LogP contribution < -0.4 is 14.8 Å². The van der Waals surface area contributed by atoms with Gasteiger partial charge in [0.2, 0.25) is 0 Å². The van der Waals surface area contributed by atoms with Crippen LogP contribution in [0.25, 0.3) is 0 Å². The molecule has 0 fully saturated rings. The Morgan fingerprint density at radius 1 is 0.786 bits per heavy atom. The van der Waals surface area contributed by atoms with Gasteiger partial charge in [-0.05, 0) is 53.6 Å². The molecule has 3 aromatic carbocycles. The normalized spacial score (nSPS) is 10.7. The highest BCUT2D eigenvalue weighted by atomic mass is 35.5. The quantitative estimate of drug-likeness (QED) is 0.436. The SMILES string of the molecule is COc1ccc(CNCc2cc(Cl)ccc2OCc2ccc(Cl)c(Cl)c2)cc1. The van der Waals surface area contributed by atoms with E-state index in [9.17, 15) is 0 Å². The molecule has 0 unspecified atom stereocenters. The first kappa shape index (κ1) is 20.8. The Balaban J connectivity index is 1.62. The van der Waals surface area contributed by atoms with Gasteiger partial charge in [-0.15, -0.1) is 0 Å². The fraction of sp³-hybridized carbons (Fsp3) is 0.182. The third-order valence-corrected chi connectivity index (χ3v) is 5.18. The molecular weight excluding hydrogens is 417 g/mol. The molecule has 0 aliphatic heterocycles. The second kappa shape index (κ2) is 10.0. The average molecular weight is 437 g/mol. The third-order valence-electron chi connectivity index (χ3n) is 4.20. The van der Waals surface area contributed by atoms with Gasteiger partial charge in [-0.25, -0.2) is 0 Å². The Kier molecular flexibility index (Phi) is 7.46. The summed E-state index contributed by atoms with van der Waals surface area (Å²) in [6.45, 7) is 1.75. The summed E-state index contributed by atoms with van der Waals surface area (Å²) in [4.78, 5) is 0. The summed E-state index contributed by atoms with van der Waals surface area (Å²) in [5.74, 6) is 1.62. The molecule has 0 heterocycles. The van der Waals surface area contributed by atoms with Crippen molar-refractivity contribution < 1.29 is 9.47 Å². The number of nitrogens with one attached hydrogen (secondary N) is 1. The van der Waals surface area contributed by atoms with Crippen molar-refractivity contribution in [1.82, 2.24) is 5.32 Å². The van der Waals surface area contributed by atoms with Crippen LogP contribution in [-0.2, 0) is 19.7 Å². The van der Waals surface area contributed by atoms with Gasteiger partial charge in [-0.2, -0.15) is 0 Å². The van der Waals surface area contributed by atoms with Crippen LogP contribution >= 0.6 is 34.8 Å². The lowest BCUT2D eigenvalue weighted by molar-refractivity contribution is 0.302. The first-order valence-electron chi connectivity index (χ1n) is 8.74. The summed E-state index contributed by atoms with van der Waals surface area (Å²) in [6.07, 6.45) is 0. The molecule has 3 aromatic rings. The predicted molar refractivity (Wildman–Crippen MR) is 116 cm³/mol. The zero-order valence-electron chi connectivity index (χ0n) is 15.3. The van der Waals surface area contributed by atoms with Gasteiger partial charge in [0.1, 0.15) is 18.1 Å². The van der Waals surface area contributed by atoms with E-state index >= 15 is 0 Å². The largest absolute Gasteiger partial charge is 0.497 e. The average Bonchev–Trinajstić information content (AvgIpc) is 2.70. The maximum atomic E-state index is 6.17. The molecule has 146 valence electrons. The summed E-state index contributed by atoms with van der Waals surface area (Å²) in [5, 5.41) is 5.13. The van der Waals surface area contributed by atoms with Crippen molar-refractivity contribution in [1.29, 1.82) is 0 Å². The minimum absolute atomic E-state index is 0.393. The minimum Gasteiger partial charge on any atom is -0.497 e. The number of methoxy groups -OCH3 is 1. The van der Waals surface area contributed by atoms with Crippen LogP contribution in [0.2, 0.25) is 15.1 Å². The van der Waals surface area contributed by atoms with Crippen LogP contribution in [0.5, 0.6) is 11.5 Å². The summed E-state index contributed by atoms with van der Waals surface area (Å²) in [6, 6.07) is 19.0. The summed E-state index contributed by atoms with van der Waals surface area (Å²) in [7, 11) is 1.66. The maximum absolute atomic E-state index is 6.17. The Hall–Kier alpha value is -1.91. The molecule has 28 heavy (non-hydrogen) atoms. The van der Waals surface area contributed by atoms with Gasteiger partial charge in [0.05, 0.1) is 17.2 Å². The second-order valence-electron chi connectivity index (χ2n) is 6.24. The lowest BCUT2D eigenvalue weighted by Crippen LogP contribution is -2.13. The van der Waals surface area contributed by atoms with Crippen LogP contribution in [0.4, 0.5) is 0 Å². The molecule has 1 N–H and O–H groups in total. The van der Waals surface area contributed by atoms with E-state index in [1.807, 2.05) is 48.5 Å². The molecular formula is C22H20Cl3NO2. The molecule has 0 saturated heterocycles. The molecule has 0 spiro atoms. The van der Waals surface area contributed by atoms with Crippen molar-refractivity contribution in [2.45, 2.75) is 19.7 Å². The standard InChI is InChI=1S/C22H20Cl3NO2/c1-27-19-6-2-15(3-7-19)12-26-13-17-11-18(23)5-9-22(17)28-14-16-4-8-20(24)21(25)10-16/h2-11,26H,12-14H2,1H3. The van der Waals surface area contributed by atoms with Gasteiger partial charge in [0.15, 0.2) is 0 Å². The molecule has 0 radical (unpaired) electrons. The van der Waals surface area contributed by atoms with E-state index in [1.165, 1.54) is 5.56 Å². The molecule has 0 saturated carbocycles. The van der Waals surface area contributed by atoms with Gasteiger partial charge in [0, 0.05) is 23.7 Å². The van der Waals surface area contributed by atoms with E-state index in [2.05, 4.69) is 5.32 Å². The van der Waals surface area contributed by atoms with E-state index in [0.717, 1.165) is 29.2 Å². The second-order valence-corrected chi connectivity index (χ2v) is 7.49. The zero-order valence-corrected chi connectivity index (χ0v) is 17.6. The Morgan fingerprint density at radius 2 is 1.54 bits per heavy atom. The molecule has 0 aliphatic rings. The van der Waals surface area contributed by atoms with Gasteiger partial charge >= 0.3 is 0 Å². The van der Waals surface area contributed by atoms with E-state index in [1.54, 1.807) is 19.2 Å². The highest BCUT2D eigenvalue weighted by Gasteiger charge is 2.07. The predicted octanol–water partition coefficient (Wildman–Crippen LogP) is 6.52. The number of ether oxygens (including phenoxy) is 2. The molecule has 0 bridgehead atoms. The highest BCUT2D eigenvalue weighted by Crippen LogP contribution is 2.26. The third kappa shape index (κ3) is 5.79. The molecule has 3 nitrogen and oxygen atoms in total. The fourth-order valence-electron chi connectivity index (χ4n) is 2.70. The van der Waals surface area contributed by atoms with Crippen LogP contribution in [0.3, 0.4) is 0 Å². The molecule has 6 heteroatoms. The van der Waals surface area contributed by atoms with Crippen molar-refractivity contribution in [3.05, 3.63) is 92.4 Å². The number of rotatable bonds is 8. The van der Waals surface area contributed by atoms with E-state index in [0.29, 0.717) is 28.2 Å². The molecule has 3 rings (SSSR count). The zero-order chi connectivity index (χ0) is 19.9. The highest BCUT2D eigenvalue weighted by molar-refractivity contribution is 6.42. The fourth-order valence-corrected chi connectivity index (χ4v) is 3.22. The topological polar surface area (TPSA) is 30.5 Å². The minimum atomic E-state index is 0.393. The van der Waals surface area contributed by atoms with Crippen molar-refractivity contribution >= 4 is 34.8 Å². The van der Waals surface area contributed by atoms with Gasteiger partial charge in [-0.1, -0.05) is 53.0 Å². The number of halogens is 3. The van der Waals surface area contributed by atoms with Crippen molar-refractivity contribution in [3.63, 3.8) is 0 Å². The van der Waals surface area contributed by atoms with Crippen LogP contribution in [0.15, 0.2) is 60.7 Å². The van der Waals surface area contributed by atoms with E-state index < -0.39 is 0 Å². The molecule has 0 atom stereocenters. The van der Waals surface area contributed by atoms with Gasteiger partial charge in [0.25, 0.3) is 0 Å². The van der Waals surface area contributed by atoms with Crippen LogP contribution in [0, 0.1) is 0 Å². The summed E-state index contributed by atoms with van der Waals surface area (Å²) in [5.41, 5.74) is 3.10. The van der Waals surface area contributed by atoms with Gasteiger partial charge < -0.3 is 14.8 Å². The molecule has 0 aliphatic carbocycles. The van der Waals surface area contributed by atoms with Crippen molar-refractivity contribution in [3.8, 4) is 11.5 Å². The monoisotopic (exact) mass is 435 g/mol. The lowest BCUT2D eigenvalue weighted by atomic mass is 10.1. The molecule has 0 amide bonds. The van der Waals surface area contributed by atoms with Gasteiger partial charge in [-0.3, -0.25) is 0 Å². The summed E-state index contributed by atoms with van der Waals surface area (Å²) >= 11 is 18.2. The Morgan fingerprint density at radius 3 is 2.25 bits per heavy atom. The molecule has 0 aromatic heterocycles. The summed E-state index contributed by atoms with van der Waals surface area (Å²) < 4.78 is 11.2. The van der Waals surface area contributed by atoms with Crippen molar-refractivity contribution in [2.75, 3.05) is 7.11 Å². The van der Waals surface area contributed by atoms with Crippen molar-refractivity contribution in [2.24, 2.45) is 0 Å². The first-order valence-corrected chi connectivity index (χ1v) is 9.87. The Bertz CT molecular complexity index is 930. The van der Waals surface area contributed by atoms with E-state index in [4.69, 9.17) is 44.3 Å². The lowest BCUT2D eigenvalue weighted by Gasteiger charge is -2.13. The Labute approximate surface area is 180 Å². The van der Waals surface area contributed by atoms with Crippen LogP contribution in [-0.4, -0.2) is 7.11 Å². The number of hydrogen-bond donors (Lipinski definition) is 1. The van der Waals surface area contributed by atoms with Crippen LogP contribution in [0.1, 0.15) is 16.7 Å². The number of benzene rings is 3. The number of hydrogen-bond acceptors (Lipinski definition) is 3. The van der Waals surface area contributed by atoms with E-state index in [-0.39, 0.29) is 0 Å². The maximum Gasteiger partial charge on any atom is 0.124 e.